The predicted molar refractivity (Wildman–Crippen MR) is 80.8 cm³/mol. The molecular formula is C17H16FN3O2. The van der Waals surface area contributed by atoms with Gasteiger partial charge in [-0.2, -0.15) is 0 Å². The van der Waals surface area contributed by atoms with E-state index in [0.717, 1.165) is 24.9 Å². The summed E-state index contributed by atoms with van der Waals surface area (Å²) in [4.78, 5) is 2.28. The number of hydrogen-bond donors (Lipinski definition) is 0. The second-order valence-corrected chi connectivity index (χ2v) is 5.66. The minimum atomic E-state index is -0.210. The van der Waals surface area contributed by atoms with E-state index in [1.54, 1.807) is 18.4 Å². The van der Waals surface area contributed by atoms with E-state index >= 15 is 0 Å². The highest BCUT2D eigenvalue weighted by Gasteiger charge is 2.27. The van der Waals surface area contributed by atoms with Crippen LogP contribution < -0.4 is 0 Å². The molecule has 1 atom stereocenters. The van der Waals surface area contributed by atoms with E-state index in [0.29, 0.717) is 24.1 Å². The topological polar surface area (TPSA) is 55.3 Å². The summed E-state index contributed by atoms with van der Waals surface area (Å²) in [5, 5.41) is 8.12. The van der Waals surface area contributed by atoms with Gasteiger partial charge in [0.25, 0.3) is 5.89 Å². The van der Waals surface area contributed by atoms with Crippen molar-refractivity contribution in [1.82, 2.24) is 15.1 Å². The smallest absolute Gasteiger partial charge is 0.283 e. The summed E-state index contributed by atoms with van der Waals surface area (Å²) < 4.78 is 24.0. The first-order chi connectivity index (χ1) is 11.3. The lowest BCUT2D eigenvalue weighted by Gasteiger charge is -2.23. The van der Waals surface area contributed by atoms with E-state index in [1.807, 2.05) is 12.1 Å². The Hall–Kier alpha value is -2.47. The quantitative estimate of drug-likeness (QED) is 0.733. The third kappa shape index (κ3) is 2.90. The monoisotopic (exact) mass is 313 g/mol. The van der Waals surface area contributed by atoms with Crippen LogP contribution in [0.15, 0.2) is 51.5 Å². The Morgan fingerprint density at radius 1 is 1.17 bits per heavy atom. The molecule has 1 aliphatic heterocycles. The van der Waals surface area contributed by atoms with E-state index < -0.39 is 0 Å². The standard InChI is InChI=1S/C17H16FN3O2/c18-13-7-5-12(6-8-13)14-3-1-9-21(14)11-16-19-20-17(23-16)15-4-2-10-22-15/h2,4-8,10,14H,1,3,9,11H2/t14-/m0/s1. The Labute approximate surface area is 132 Å². The maximum atomic E-state index is 13.1. The summed E-state index contributed by atoms with van der Waals surface area (Å²) in [5.74, 6) is 1.31. The summed E-state index contributed by atoms with van der Waals surface area (Å²) in [5.41, 5.74) is 1.12. The zero-order valence-electron chi connectivity index (χ0n) is 12.5. The molecule has 2 aromatic heterocycles. The van der Waals surface area contributed by atoms with Gasteiger partial charge in [0.1, 0.15) is 5.82 Å². The highest BCUT2D eigenvalue weighted by molar-refractivity contribution is 5.42. The van der Waals surface area contributed by atoms with E-state index in [4.69, 9.17) is 8.83 Å². The van der Waals surface area contributed by atoms with E-state index in [1.165, 1.54) is 12.1 Å². The van der Waals surface area contributed by atoms with E-state index in [-0.39, 0.29) is 11.9 Å². The Morgan fingerprint density at radius 2 is 2.04 bits per heavy atom. The van der Waals surface area contributed by atoms with E-state index in [9.17, 15) is 4.39 Å². The third-order valence-corrected chi connectivity index (χ3v) is 4.16. The van der Waals surface area contributed by atoms with Gasteiger partial charge in [-0.1, -0.05) is 12.1 Å². The number of hydrogen-bond acceptors (Lipinski definition) is 5. The van der Waals surface area contributed by atoms with Crippen LogP contribution in [0, 0.1) is 5.82 Å². The molecule has 0 aliphatic carbocycles. The van der Waals surface area contributed by atoms with Crippen molar-refractivity contribution in [2.75, 3.05) is 6.54 Å². The van der Waals surface area contributed by atoms with Gasteiger partial charge in [-0.05, 0) is 49.2 Å². The molecule has 1 aliphatic rings. The number of rotatable bonds is 4. The van der Waals surface area contributed by atoms with Gasteiger partial charge in [-0.15, -0.1) is 10.2 Å². The number of nitrogens with zero attached hydrogens (tertiary/aromatic N) is 3. The Balaban J connectivity index is 1.50. The van der Waals surface area contributed by atoms with Crippen molar-refractivity contribution >= 4 is 0 Å². The molecule has 4 rings (SSSR count). The fraction of sp³-hybridized carbons (Fsp3) is 0.294. The van der Waals surface area contributed by atoms with Gasteiger partial charge in [0.15, 0.2) is 5.76 Å². The number of furan rings is 1. The lowest BCUT2D eigenvalue weighted by molar-refractivity contribution is 0.224. The number of benzene rings is 1. The van der Waals surface area contributed by atoms with Gasteiger partial charge in [0.05, 0.1) is 12.8 Å². The van der Waals surface area contributed by atoms with Crippen molar-refractivity contribution in [2.45, 2.75) is 25.4 Å². The molecule has 3 heterocycles. The van der Waals surface area contributed by atoms with Crippen LogP contribution in [0.5, 0.6) is 0 Å². The maximum Gasteiger partial charge on any atom is 0.283 e. The first kappa shape index (κ1) is 14.1. The molecule has 0 unspecified atom stereocenters. The van der Waals surface area contributed by atoms with Crippen LogP contribution in [0.3, 0.4) is 0 Å². The largest absolute Gasteiger partial charge is 0.459 e. The molecule has 0 amide bonds. The fourth-order valence-corrected chi connectivity index (χ4v) is 3.07. The van der Waals surface area contributed by atoms with Crippen LogP contribution in [-0.4, -0.2) is 21.6 Å². The lowest BCUT2D eigenvalue weighted by Crippen LogP contribution is -2.22. The highest BCUT2D eigenvalue weighted by Crippen LogP contribution is 2.33. The average Bonchev–Trinajstić information content (AvgIpc) is 3.29. The van der Waals surface area contributed by atoms with Crippen molar-refractivity contribution in [3.05, 3.63) is 59.9 Å². The maximum absolute atomic E-state index is 13.1. The minimum absolute atomic E-state index is 0.210. The molecule has 5 nitrogen and oxygen atoms in total. The van der Waals surface area contributed by atoms with Crippen LogP contribution in [0.4, 0.5) is 4.39 Å². The molecule has 6 heteroatoms. The van der Waals surface area contributed by atoms with Gasteiger partial charge in [-0.25, -0.2) is 4.39 Å². The van der Waals surface area contributed by atoms with Gasteiger partial charge < -0.3 is 8.83 Å². The van der Waals surface area contributed by atoms with Crippen LogP contribution in [0.2, 0.25) is 0 Å². The Morgan fingerprint density at radius 3 is 2.83 bits per heavy atom. The van der Waals surface area contributed by atoms with Crippen molar-refractivity contribution < 1.29 is 13.2 Å². The third-order valence-electron chi connectivity index (χ3n) is 4.16. The first-order valence-electron chi connectivity index (χ1n) is 7.65. The second kappa shape index (κ2) is 5.96. The summed E-state index contributed by atoms with van der Waals surface area (Å²) in [6.07, 6.45) is 3.72. The SMILES string of the molecule is Fc1ccc([C@@H]2CCCN2Cc2nnc(-c3ccco3)o2)cc1. The average molecular weight is 313 g/mol. The number of halogens is 1. The summed E-state index contributed by atoms with van der Waals surface area (Å²) in [6.45, 7) is 1.54. The second-order valence-electron chi connectivity index (χ2n) is 5.66. The fourth-order valence-electron chi connectivity index (χ4n) is 3.07. The van der Waals surface area contributed by atoms with Crippen LogP contribution >= 0.6 is 0 Å². The highest BCUT2D eigenvalue weighted by atomic mass is 19.1. The predicted octanol–water partition coefficient (Wildman–Crippen LogP) is 3.81. The molecule has 3 aromatic rings. The van der Waals surface area contributed by atoms with Crippen LogP contribution in [0.25, 0.3) is 11.7 Å². The van der Waals surface area contributed by atoms with Gasteiger partial charge in [-0.3, -0.25) is 4.90 Å². The van der Waals surface area contributed by atoms with Crippen molar-refractivity contribution in [3.63, 3.8) is 0 Å². The first-order valence-corrected chi connectivity index (χ1v) is 7.65. The Kier molecular flexibility index (Phi) is 3.67. The molecule has 0 saturated carbocycles. The molecule has 0 N–H and O–H groups in total. The summed E-state index contributed by atoms with van der Waals surface area (Å²) >= 11 is 0. The summed E-state index contributed by atoms with van der Waals surface area (Å²) in [7, 11) is 0. The molecule has 1 fully saturated rings. The number of likely N-dealkylation sites (tertiary alicyclic amines) is 1. The van der Waals surface area contributed by atoms with Crippen molar-refractivity contribution in [2.24, 2.45) is 0 Å². The zero-order valence-corrected chi connectivity index (χ0v) is 12.5. The van der Waals surface area contributed by atoms with Gasteiger partial charge >= 0.3 is 0 Å². The molecule has 118 valence electrons. The van der Waals surface area contributed by atoms with Gasteiger partial charge in [0, 0.05) is 6.04 Å². The van der Waals surface area contributed by atoms with Crippen molar-refractivity contribution in [1.29, 1.82) is 0 Å². The van der Waals surface area contributed by atoms with Crippen molar-refractivity contribution in [3.8, 4) is 11.7 Å². The van der Waals surface area contributed by atoms with Gasteiger partial charge in [0.2, 0.25) is 5.89 Å². The molecule has 23 heavy (non-hydrogen) atoms. The van der Waals surface area contributed by atoms with E-state index in [2.05, 4.69) is 15.1 Å². The molecule has 1 saturated heterocycles. The molecule has 1 aromatic carbocycles. The lowest BCUT2D eigenvalue weighted by atomic mass is 10.0. The van der Waals surface area contributed by atoms with Crippen LogP contribution in [-0.2, 0) is 6.54 Å². The Bertz CT molecular complexity index is 768. The molecule has 0 radical (unpaired) electrons. The molecule has 0 bridgehead atoms. The molecule has 0 spiro atoms. The number of aromatic nitrogens is 2. The van der Waals surface area contributed by atoms with Crippen LogP contribution in [0.1, 0.15) is 30.3 Å². The molecular weight excluding hydrogens is 297 g/mol. The summed E-state index contributed by atoms with van der Waals surface area (Å²) in [6, 6.07) is 10.5. The normalized spacial score (nSPS) is 18.6. The minimum Gasteiger partial charge on any atom is -0.459 e. The zero-order chi connectivity index (χ0) is 15.6.